The van der Waals surface area contributed by atoms with Crippen molar-refractivity contribution in [1.29, 1.82) is 0 Å². The summed E-state index contributed by atoms with van der Waals surface area (Å²) in [5, 5.41) is 11.8. The van der Waals surface area contributed by atoms with E-state index in [1.165, 1.54) is 0 Å². The molecule has 0 amide bonds. The largest absolute Gasteiger partial charge is 0.388 e. The number of ketones is 1. The van der Waals surface area contributed by atoms with Crippen molar-refractivity contribution >= 4 is 35.0 Å². The number of aliphatic hydroxyl groups is 1. The van der Waals surface area contributed by atoms with E-state index >= 15 is 0 Å². The van der Waals surface area contributed by atoms with Gasteiger partial charge in [0.2, 0.25) is 0 Å². The molecular formula is C12H17NO2S2. The fraction of sp³-hybridized carbons (Fsp3) is 0.500. The van der Waals surface area contributed by atoms with Crippen LogP contribution in [0.15, 0.2) is 15.3 Å². The Labute approximate surface area is 110 Å². The lowest BCUT2D eigenvalue weighted by Crippen LogP contribution is -2.13. The smallest absolute Gasteiger partial charge is 0.150 e. The number of hydrogen-bond acceptors (Lipinski definition) is 5. The lowest BCUT2D eigenvalue weighted by atomic mass is 10.0. The number of rotatable bonds is 6. The van der Waals surface area contributed by atoms with E-state index in [4.69, 9.17) is 0 Å². The van der Waals surface area contributed by atoms with Crippen molar-refractivity contribution in [3.8, 4) is 0 Å². The van der Waals surface area contributed by atoms with Gasteiger partial charge >= 0.3 is 0 Å². The highest BCUT2D eigenvalue weighted by Crippen LogP contribution is 2.22. The first-order chi connectivity index (χ1) is 8.06. The van der Waals surface area contributed by atoms with Gasteiger partial charge in [-0.3, -0.25) is 4.79 Å². The minimum absolute atomic E-state index is 0.0772. The van der Waals surface area contributed by atoms with Gasteiger partial charge in [0.15, 0.2) is 0 Å². The van der Waals surface area contributed by atoms with Crippen molar-refractivity contribution in [2.24, 2.45) is 0 Å². The molecule has 5 heteroatoms. The third-order valence-electron chi connectivity index (χ3n) is 2.39. The third-order valence-corrected chi connectivity index (χ3v) is 4.27. The molecule has 0 saturated carbocycles. The number of Topliss-reactive ketones (excluding diaryl/α,β-unsaturated/α-hetero) is 1. The standard InChI is InChI=1S/C12H17NO2S2/c1-4-10(14)6-11(15)8(2)5-9-7-17-12(13-9)16-3/h5,7,11,15H,4,6H2,1-3H3/b8-5+. The van der Waals surface area contributed by atoms with Crippen molar-refractivity contribution in [3.63, 3.8) is 0 Å². The molecule has 0 aliphatic heterocycles. The molecule has 0 fully saturated rings. The van der Waals surface area contributed by atoms with Crippen LogP contribution in [0.4, 0.5) is 0 Å². The molecule has 0 saturated heterocycles. The zero-order chi connectivity index (χ0) is 12.8. The molecule has 0 aliphatic rings. The number of thioether (sulfide) groups is 1. The van der Waals surface area contributed by atoms with Gasteiger partial charge in [-0.05, 0) is 24.8 Å². The molecule has 0 spiro atoms. The molecule has 0 aliphatic carbocycles. The number of nitrogens with zero attached hydrogens (tertiary/aromatic N) is 1. The molecule has 1 aromatic heterocycles. The van der Waals surface area contributed by atoms with Crippen LogP contribution in [0.2, 0.25) is 0 Å². The Kier molecular flexibility index (Phi) is 5.88. The second-order valence-electron chi connectivity index (χ2n) is 3.74. The zero-order valence-electron chi connectivity index (χ0n) is 10.3. The van der Waals surface area contributed by atoms with Crippen LogP contribution in [0.3, 0.4) is 0 Å². The van der Waals surface area contributed by atoms with Gasteiger partial charge in [0.05, 0.1) is 11.8 Å². The molecule has 1 unspecified atom stereocenters. The Hall–Kier alpha value is -0.650. The third kappa shape index (κ3) is 4.61. The molecule has 1 heterocycles. The van der Waals surface area contributed by atoms with Crippen LogP contribution in [0, 0.1) is 0 Å². The van der Waals surface area contributed by atoms with E-state index in [0.717, 1.165) is 15.6 Å². The van der Waals surface area contributed by atoms with Crippen molar-refractivity contribution < 1.29 is 9.90 Å². The van der Waals surface area contributed by atoms with E-state index in [0.29, 0.717) is 6.42 Å². The van der Waals surface area contributed by atoms with E-state index in [2.05, 4.69) is 4.98 Å². The summed E-state index contributed by atoms with van der Waals surface area (Å²) in [7, 11) is 0. The summed E-state index contributed by atoms with van der Waals surface area (Å²) in [6, 6.07) is 0. The second kappa shape index (κ2) is 6.93. The Morgan fingerprint density at radius 2 is 2.41 bits per heavy atom. The van der Waals surface area contributed by atoms with Crippen LogP contribution in [0.5, 0.6) is 0 Å². The Bertz CT molecular complexity index is 412. The van der Waals surface area contributed by atoms with Gasteiger partial charge in [0.1, 0.15) is 10.1 Å². The maximum atomic E-state index is 11.2. The van der Waals surface area contributed by atoms with Crippen molar-refractivity contribution in [3.05, 3.63) is 16.6 Å². The Morgan fingerprint density at radius 1 is 1.71 bits per heavy atom. The minimum Gasteiger partial charge on any atom is -0.388 e. The normalized spacial score (nSPS) is 13.8. The fourth-order valence-corrected chi connectivity index (χ4v) is 2.51. The lowest BCUT2D eigenvalue weighted by molar-refractivity contribution is -0.120. The summed E-state index contributed by atoms with van der Waals surface area (Å²) in [5.74, 6) is 0.0772. The number of carbonyl (C=O) groups is 1. The van der Waals surface area contributed by atoms with Crippen molar-refractivity contribution in [2.45, 2.75) is 37.1 Å². The number of hydrogen-bond donors (Lipinski definition) is 1. The number of aliphatic hydroxyl groups excluding tert-OH is 1. The summed E-state index contributed by atoms with van der Waals surface area (Å²) < 4.78 is 1.00. The van der Waals surface area contributed by atoms with Crippen LogP contribution < -0.4 is 0 Å². The molecule has 0 radical (unpaired) electrons. The SMILES string of the molecule is CCC(=O)CC(O)/C(C)=C/c1csc(SC)n1. The van der Waals surface area contributed by atoms with Crippen LogP contribution in [-0.4, -0.2) is 28.2 Å². The highest BCUT2D eigenvalue weighted by Gasteiger charge is 2.11. The van der Waals surface area contributed by atoms with Crippen LogP contribution >= 0.6 is 23.1 Å². The molecule has 17 heavy (non-hydrogen) atoms. The Balaban J connectivity index is 2.67. The van der Waals surface area contributed by atoms with Gasteiger partial charge in [-0.15, -0.1) is 11.3 Å². The highest BCUT2D eigenvalue weighted by molar-refractivity contribution is 8.00. The van der Waals surface area contributed by atoms with E-state index in [1.807, 2.05) is 24.6 Å². The topological polar surface area (TPSA) is 50.2 Å². The summed E-state index contributed by atoms with van der Waals surface area (Å²) in [5.41, 5.74) is 1.63. The highest BCUT2D eigenvalue weighted by atomic mass is 32.2. The average molecular weight is 271 g/mol. The van der Waals surface area contributed by atoms with E-state index in [-0.39, 0.29) is 12.2 Å². The summed E-state index contributed by atoms with van der Waals surface area (Å²) in [6.45, 7) is 3.63. The number of carbonyl (C=O) groups excluding carboxylic acids is 1. The van der Waals surface area contributed by atoms with Crippen LogP contribution in [0.25, 0.3) is 6.08 Å². The lowest BCUT2D eigenvalue weighted by Gasteiger charge is -2.09. The molecule has 1 aromatic rings. The first kappa shape index (κ1) is 14.4. The molecular weight excluding hydrogens is 254 g/mol. The quantitative estimate of drug-likeness (QED) is 0.808. The summed E-state index contributed by atoms with van der Waals surface area (Å²) >= 11 is 3.18. The van der Waals surface area contributed by atoms with Crippen LogP contribution in [-0.2, 0) is 4.79 Å². The predicted octanol–water partition coefficient (Wildman–Crippen LogP) is 3.00. The maximum Gasteiger partial charge on any atom is 0.150 e. The molecule has 94 valence electrons. The molecule has 3 nitrogen and oxygen atoms in total. The predicted molar refractivity (Wildman–Crippen MR) is 73.5 cm³/mol. The molecule has 1 N–H and O–H groups in total. The van der Waals surface area contributed by atoms with Crippen molar-refractivity contribution in [2.75, 3.05) is 6.26 Å². The van der Waals surface area contributed by atoms with Gasteiger partial charge in [-0.1, -0.05) is 18.7 Å². The Morgan fingerprint density at radius 3 is 2.94 bits per heavy atom. The van der Waals surface area contributed by atoms with Crippen LogP contribution in [0.1, 0.15) is 32.4 Å². The van der Waals surface area contributed by atoms with Gasteiger partial charge in [-0.2, -0.15) is 0 Å². The minimum atomic E-state index is -0.693. The molecule has 0 aromatic carbocycles. The maximum absolute atomic E-state index is 11.2. The molecule has 1 rings (SSSR count). The van der Waals surface area contributed by atoms with Gasteiger partial charge in [0, 0.05) is 18.2 Å². The number of aromatic nitrogens is 1. The average Bonchev–Trinajstić information content (AvgIpc) is 2.76. The van der Waals surface area contributed by atoms with Crippen molar-refractivity contribution in [1.82, 2.24) is 4.98 Å². The first-order valence-corrected chi connectivity index (χ1v) is 7.54. The van der Waals surface area contributed by atoms with Gasteiger partial charge in [-0.25, -0.2) is 4.98 Å². The summed E-state index contributed by atoms with van der Waals surface area (Å²) in [4.78, 5) is 15.6. The van der Waals surface area contributed by atoms with Gasteiger partial charge in [0.25, 0.3) is 0 Å². The second-order valence-corrected chi connectivity index (χ2v) is 5.65. The van der Waals surface area contributed by atoms with Gasteiger partial charge < -0.3 is 5.11 Å². The van der Waals surface area contributed by atoms with E-state index in [1.54, 1.807) is 30.0 Å². The summed E-state index contributed by atoms with van der Waals surface area (Å²) in [6.07, 6.45) is 3.79. The monoisotopic (exact) mass is 271 g/mol. The molecule has 0 bridgehead atoms. The van der Waals surface area contributed by atoms with E-state index in [9.17, 15) is 9.90 Å². The zero-order valence-corrected chi connectivity index (χ0v) is 11.9. The number of thiazole rings is 1. The molecule has 1 atom stereocenters. The first-order valence-electron chi connectivity index (χ1n) is 5.44. The fourth-order valence-electron chi connectivity index (χ4n) is 1.28. The van der Waals surface area contributed by atoms with E-state index < -0.39 is 6.10 Å².